The van der Waals surface area contributed by atoms with Gasteiger partial charge in [-0.15, -0.1) is 0 Å². The van der Waals surface area contributed by atoms with Crippen LogP contribution in [0.5, 0.6) is 5.75 Å². The molecule has 5 nitrogen and oxygen atoms in total. The fourth-order valence-corrected chi connectivity index (χ4v) is 3.76. The molecule has 2 aromatic carbocycles. The highest BCUT2D eigenvalue weighted by molar-refractivity contribution is 5.78. The molecular weight excluding hydrogens is 481 g/mol. The number of carbonyl (C=O) groups is 1. The maximum Gasteiger partial charge on any atom is 0.425 e. The standard InChI is InChI=1S/C29H33F3N2O3/c1-3-5-7-9-21-10-12-23(13-11-21)27-33-19-24(20-34-27)22-14-16-25(17-15-22)37-28(35)26(29(30,31)32)36-18-8-6-4-2/h10-17,19-20,26H,3-9,18H2,1-2H3. The van der Waals surface area contributed by atoms with Crippen molar-refractivity contribution in [3.8, 4) is 28.3 Å². The minimum atomic E-state index is -4.85. The summed E-state index contributed by atoms with van der Waals surface area (Å²) >= 11 is 0. The molecule has 3 aromatic rings. The van der Waals surface area contributed by atoms with Crippen LogP contribution >= 0.6 is 0 Å². The van der Waals surface area contributed by atoms with Crippen LogP contribution in [0.3, 0.4) is 0 Å². The lowest BCUT2D eigenvalue weighted by atomic mass is 10.0. The zero-order valence-electron chi connectivity index (χ0n) is 21.3. The maximum absolute atomic E-state index is 13.3. The molecule has 0 amide bonds. The number of hydrogen-bond acceptors (Lipinski definition) is 5. The summed E-state index contributed by atoms with van der Waals surface area (Å²) in [6.45, 7) is 3.95. The van der Waals surface area contributed by atoms with Crippen LogP contribution in [-0.2, 0) is 16.0 Å². The second kappa shape index (κ2) is 13.9. The Morgan fingerprint density at radius 1 is 0.811 bits per heavy atom. The van der Waals surface area contributed by atoms with E-state index >= 15 is 0 Å². The fourth-order valence-electron chi connectivity index (χ4n) is 3.76. The van der Waals surface area contributed by atoms with Gasteiger partial charge in [0.15, 0.2) is 5.82 Å². The van der Waals surface area contributed by atoms with Gasteiger partial charge in [0, 0.05) is 30.1 Å². The number of ether oxygens (including phenoxy) is 2. The number of esters is 1. The molecule has 0 N–H and O–H groups in total. The number of unbranched alkanes of at least 4 members (excludes halogenated alkanes) is 4. The Bertz CT molecular complexity index is 1100. The molecule has 0 fully saturated rings. The van der Waals surface area contributed by atoms with Crippen molar-refractivity contribution in [2.24, 2.45) is 0 Å². The molecule has 198 valence electrons. The van der Waals surface area contributed by atoms with Gasteiger partial charge in [-0.2, -0.15) is 13.2 Å². The monoisotopic (exact) mass is 514 g/mol. The highest BCUT2D eigenvalue weighted by atomic mass is 19.4. The number of alkyl halides is 3. The molecular formula is C29H33F3N2O3. The van der Waals surface area contributed by atoms with E-state index in [2.05, 4.69) is 29.0 Å². The quantitative estimate of drug-likeness (QED) is 0.134. The van der Waals surface area contributed by atoms with Gasteiger partial charge < -0.3 is 9.47 Å². The zero-order chi connectivity index (χ0) is 26.7. The molecule has 1 heterocycles. The van der Waals surface area contributed by atoms with Crippen LogP contribution < -0.4 is 4.74 Å². The van der Waals surface area contributed by atoms with Gasteiger partial charge in [-0.1, -0.05) is 75.9 Å². The molecule has 0 aliphatic carbocycles. The van der Waals surface area contributed by atoms with Gasteiger partial charge in [0.25, 0.3) is 6.10 Å². The first-order valence-electron chi connectivity index (χ1n) is 12.7. The Morgan fingerprint density at radius 2 is 1.41 bits per heavy atom. The third-order valence-corrected chi connectivity index (χ3v) is 5.88. The lowest BCUT2D eigenvalue weighted by Gasteiger charge is -2.19. The van der Waals surface area contributed by atoms with Gasteiger partial charge in [-0.3, -0.25) is 0 Å². The number of halogens is 3. The summed E-state index contributed by atoms with van der Waals surface area (Å²) in [6.07, 6.45) is 2.54. The van der Waals surface area contributed by atoms with Crippen LogP contribution in [0.2, 0.25) is 0 Å². The minimum Gasteiger partial charge on any atom is -0.424 e. The summed E-state index contributed by atoms with van der Waals surface area (Å²) in [6, 6.07) is 14.4. The minimum absolute atomic E-state index is 0.00303. The maximum atomic E-state index is 13.3. The van der Waals surface area contributed by atoms with E-state index in [0.29, 0.717) is 12.2 Å². The molecule has 0 bridgehead atoms. The smallest absolute Gasteiger partial charge is 0.424 e. The zero-order valence-corrected chi connectivity index (χ0v) is 21.3. The third kappa shape index (κ3) is 8.67. The lowest BCUT2D eigenvalue weighted by molar-refractivity contribution is -0.225. The van der Waals surface area contributed by atoms with Crippen molar-refractivity contribution < 1.29 is 27.4 Å². The highest BCUT2D eigenvalue weighted by Crippen LogP contribution is 2.27. The van der Waals surface area contributed by atoms with E-state index in [-0.39, 0.29) is 12.4 Å². The molecule has 1 aromatic heterocycles. The summed E-state index contributed by atoms with van der Waals surface area (Å²) in [7, 11) is 0. The van der Waals surface area contributed by atoms with Crippen LogP contribution in [0.15, 0.2) is 60.9 Å². The second-order valence-electron chi connectivity index (χ2n) is 8.89. The molecule has 1 atom stereocenters. The summed E-state index contributed by atoms with van der Waals surface area (Å²) in [4.78, 5) is 21.1. The number of benzene rings is 2. The predicted molar refractivity (Wildman–Crippen MR) is 137 cm³/mol. The first kappa shape index (κ1) is 28.3. The van der Waals surface area contributed by atoms with Crippen LogP contribution in [0.4, 0.5) is 13.2 Å². The van der Waals surface area contributed by atoms with Crippen LogP contribution in [0, 0.1) is 0 Å². The van der Waals surface area contributed by atoms with Crippen molar-refractivity contribution in [2.45, 2.75) is 71.1 Å². The summed E-state index contributed by atoms with van der Waals surface area (Å²) in [5.41, 5.74) is 3.68. The second-order valence-corrected chi connectivity index (χ2v) is 8.89. The van der Waals surface area contributed by atoms with Gasteiger partial charge in [-0.25, -0.2) is 14.8 Å². The van der Waals surface area contributed by atoms with Crippen molar-refractivity contribution in [2.75, 3.05) is 6.61 Å². The lowest BCUT2D eigenvalue weighted by Crippen LogP contribution is -2.42. The number of carbonyl (C=O) groups excluding carboxylic acids is 1. The molecule has 37 heavy (non-hydrogen) atoms. The Balaban J connectivity index is 1.61. The topological polar surface area (TPSA) is 61.3 Å². The first-order chi connectivity index (χ1) is 17.8. The van der Waals surface area contributed by atoms with Crippen LogP contribution in [0.1, 0.15) is 57.9 Å². The van der Waals surface area contributed by atoms with E-state index in [9.17, 15) is 18.0 Å². The van der Waals surface area contributed by atoms with E-state index in [1.165, 1.54) is 37.0 Å². The van der Waals surface area contributed by atoms with Crippen molar-refractivity contribution in [1.29, 1.82) is 0 Å². The Labute approximate surface area is 216 Å². The van der Waals surface area contributed by atoms with E-state index in [1.807, 2.05) is 19.1 Å². The van der Waals surface area contributed by atoms with Crippen LogP contribution in [-0.4, -0.2) is 34.8 Å². The number of rotatable bonds is 13. The number of aromatic nitrogens is 2. The Hall–Kier alpha value is -3.26. The molecule has 8 heteroatoms. The summed E-state index contributed by atoms with van der Waals surface area (Å²) < 4.78 is 49.5. The molecule has 0 saturated carbocycles. The SMILES string of the molecule is CCCCCOC(C(=O)Oc1ccc(-c2cnc(-c3ccc(CCCCC)cc3)nc2)cc1)C(F)(F)F. The fraction of sp³-hybridized carbons (Fsp3) is 0.414. The first-order valence-corrected chi connectivity index (χ1v) is 12.7. The molecule has 0 aliphatic heterocycles. The Morgan fingerprint density at radius 3 is 2.00 bits per heavy atom. The van der Waals surface area contributed by atoms with Crippen molar-refractivity contribution in [1.82, 2.24) is 9.97 Å². The average molecular weight is 515 g/mol. The molecule has 0 spiro atoms. The predicted octanol–water partition coefficient (Wildman–Crippen LogP) is 7.59. The molecule has 3 rings (SSSR count). The number of aryl methyl sites for hydroxylation is 1. The highest BCUT2D eigenvalue weighted by Gasteiger charge is 2.47. The van der Waals surface area contributed by atoms with Gasteiger partial charge >= 0.3 is 12.1 Å². The Kier molecular flexibility index (Phi) is 10.6. The number of hydrogen-bond donors (Lipinski definition) is 0. The van der Waals surface area contributed by atoms with Crippen molar-refractivity contribution in [3.63, 3.8) is 0 Å². The molecule has 0 aliphatic rings. The van der Waals surface area contributed by atoms with Crippen molar-refractivity contribution in [3.05, 3.63) is 66.5 Å². The summed E-state index contributed by atoms with van der Waals surface area (Å²) in [5.74, 6) is -0.885. The summed E-state index contributed by atoms with van der Waals surface area (Å²) in [5, 5.41) is 0. The van der Waals surface area contributed by atoms with Crippen LogP contribution in [0.25, 0.3) is 22.5 Å². The normalized spacial score (nSPS) is 12.4. The van der Waals surface area contributed by atoms with Gasteiger partial charge in [-0.05, 0) is 42.5 Å². The van der Waals surface area contributed by atoms with Gasteiger partial charge in [0.2, 0.25) is 0 Å². The van der Waals surface area contributed by atoms with E-state index in [1.54, 1.807) is 24.5 Å². The number of nitrogens with zero attached hydrogens (tertiary/aromatic N) is 2. The van der Waals surface area contributed by atoms with E-state index in [0.717, 1.165) is 36.0 Å². The van der Waals surface area contributed by atoms with Crippen molar-refractivity contribution >= 4 is 5.97 Å². The average Bonchev–Trinajstić information content (AvgIpc) is 2.89. The van der Waals surface area contributed by atoms with E-state index in [4.69, 9.17) is 9.47 Å². The third-order valence-electron chi connectivity index (χ3n) is 5.88. The molecule has 1 unspecified atom stereocenters. The molecule has 0 radical (unpaired) electrons. The molecule has 0 saturated heterocycles. The van der Waals surface area contributed by atoms with Gasteiger partial charge in [0.05, 0.1) is 0 Å². The van der Waals surface area contributed by atoms with Gasteiger partial charge in [0.1, 0.15) is 5.75 Å². The van der Waals surface area contributed by atoms with E-state index < -0.39 is 18.2 Å². The largest absolute Gasteiger partial charge is 0.425 e.